The number of amides is 2. The Balaban J connectivity index is 1.06. The van der Waals surface area contributed by atoms with E-state index in [9.17, 15) is 29.4 Å². The van der Waals surface area contributed by atoms with Crippen molar-refractivity contribution < 1.29 is 38.9 Å². The van der Waals surface area contributed by atoms with Gasteiger partial charge in [-0.05, 0) is 93.2 Å². The molecule has 4 N–H and O–H groups in total. The Bertz CT molecular complexity index is 2290. The number of carboxylic acids is 1. The van der Waals surface area contributed by atoms with E-state index >= 15 is 0 Å². The number of hydrogen-bond acceptors (Lipinski definition) is 11. The molecule has 2 aromatic carbocycles. The maximum atomic E-state index is 13.9. The molecule has 0 saturated carbocycles. The molecule has 0 spiro atoms. The summed E-state index contributed by atoms with van der Waals surface area (Å²) in [5.74, 6) is -1.36. The average Bonchev–Trinajstić information content (AvgIpc) is 3.92. The largest absolute Gasteiger partial charge is 0.480 e. The summed E-state index contributed by atoms with van der Waals surface area (Å²) in [5.41, 5.74) is 5.19. The smallest absolute Gasteiger partial charge is 0.407 e. The summed E-state index contributed by atoms with van der Waals surface area (Å²) in [4.78, 5) is 63.7. The molecule has 5 aromatic rings. The molecule has 1 atom stereocenters. The Labute approximate surface area is 337 Å². The van der Waals surface area contributed by atoms with Crippen molar-refractivity contribution in [3.8, 4) is 11.1 Å². The maximum Gasteiger partial charge on any atom is 0.407 e. The highest BCUT2D eigenvalue weighted by molar-refractivity contribution is 7.14. The van der Waals surface area contributed by atoms with Crippen LogP contribution in [0, 0.1) is 32.6 Å². The van der Waals surface area contributed by atoms with Gasteiger partial charge in [0.15, 0.2) is 10.0 Å². The minimum atomic E-state index is -1.00. The molecule has 300 valence electrons. The van der Waals surface area contributed by atoms with Gasteiger partial charge in [0.05, 0.1) is 23.4 Å². The fourth-order valence-electron chi connectivity index (χ4n) is 7.61. The van der Waals surface area contributed by atoms with Crippen molar-refractivity contribution >= 4 is 63.1 Å². The van der Waals surface area contributed by atoms with Crippen molar-refractivity contribution in [2.45, 2.75) is 65.6 Å². The summed E-state index contributed by atoms with van der Waals surface area (Å²) in [6.45, 7) is 8.77. The molecule has 2 aliphatic heterocycles. The second-order valence-corrected chi connectivity index (χ2v) is 16.7. The predicted molar refractivity (Wildman–Crippen MR) is 217 cm³/mol. The van der Waals surface area contributed by atoms with Gasteiger partial charge >= 0.3 is 12.1 Å². The number of aromatic nitrogens is 3. The zero-order valence-electron chi connectivity index (χ0n) is 32.1. The fourth-order valence-corrected chi connectivity index (χ4v) is 9.53. The van der Waals surface area contributed by atoms with E-state index in [-0.39, 0.29) is 46.8 Å². The SMILES string of the molecule is Cc1nc(C(=O)Nc2cccc(-c3cccc4c3ccn4C(=O)c3nc(C)c(CN(CC4CCOCC4)C(=O)O)s3)c2C)sc1CN[C@H](C(=O)O)C1CCOCC1. The number of aliphatic carboxylic acids is 1. The first kappa shape index (κ1) is 40.2. The van der Waals surface area contributed by atoms with Crippen molar-refractivity contribution in [3.05, 3.63) is 85.4 Å². The molecule has 14 nitrogen and oxygen atoms in total. The van der Waals surface area contributed by atoms with Crippen LogP contribution in [0.5, 0.6) is 0 Å². The van der Waals surface area contributed by atoms with Crippen LogP contribution in [-0.2, 0) is 27.4 Å². The standard InChI is InChI=1S/C41H46N6O8S2/c1-23-28(6-4-8-31(23)45-36(48)37-43-24(2)33(56-37)20-42-35(40(50)51)27-13-18-55-19-14-27)29-7-5-9-32-30(29)10-15-47(32)39(49)38-44-25(3)34(57-38)22-46(41(52)53)21-26-11-16-54-17-12-26/h4-10,15,26-27,35,42H,11-14,16-22H2,1-3H3,(H,45,48)(H,50,51)(H,52,53)/t35-/m0/s1. The monoisotopic (exact) mass is 814 g/mol. The summed E-state index contributed by atoms with van der Waals surface area (Å²) in [6, 6.07) is 12.6. The van der Waals surface area contributed by atoms with Crippen molar-refractivity contribution in [1.29, 1.82) is 0 Å². The van der Waals surface area contributed by atoms with Gasteiger partial charge in [0.2, 0.25) is 0 Å². The molecule has 0 unspecified atom stereocenters. The number of nitrogens with zero attached hydrogens (tertiary/aromatic N) is 4. The van der Waals surface area contributed by atoms with E-state index in [2.05, 4.69) is 20.6 Å². The third-order valence-corrected chi connectivity index (χ3v) is 13.2. The molecule has 5 heterocycles. The first-order chi connectivity index (χ1) is 27.5. The molecular weight excluding hydrogens is 769 g/mol. The van der Waals surface area contributed by atoms with Crippen molar-refractivity contribution in [2.24, 2.45) is 11.8 Å². The predicted octanol–water partition coefficient (Wildman–Crippen LogP) is 6.96. The third-order valence-electron chi connectivity index (χ3n) is 10.9. The van der Waals surface area contributed by atoms with Gasteiger partial charge in [0.1, 0.15) is 6.04 Å². The van der Waals surface area contributed by atoms with E-state index in [0.717, 1.165) is 44.7 Å². The number of nitrogens with one attached hydrogen (secondary N) is 2. The van der Waals surface area contributed by atoms with Crippen LogP contribution in [0.2, 0.25) is 0 Å². The molecule has 2 fully saturated rings. The molecule has 57 heavy (non-hydrogen) atoms. The molecule has 2 aliphatic rings. The minimum absolute atomic E-state index is 0.0287. The number of rotatable bonds is 13. The first-order valence-electron chi connectivity index (χ1n) is 19.1. The van der Waals surface area contributed by atoms with Crippen LogP contribution in [0.15, 0.2) is 48.7 Å². The second kappa shape index (κ2) is 17.6. The van der Waals surface area contributed by atoms with Crippen molar-refractivity contribution in [2.75, 3.05) is 38.3 Å². The number of hydrogen-bond donors (Lipinski definition) is 4. The Kier molecular flexibility index (Phi) is 12.4. The van der Waals surface area contributed by atoms with E-state index in [1.54, 1.807) is 17.7 Å². The number of carboxylic acid groups (broad SMARTS) is 2. The topological polar surface area (TPSA) is 185 Å². The van der Waals surface area contributed by atoms with Crippen LogP contribution >= 0.6 is 22.7 Å². The van der Waals surface area contributed by atoms with E-state index in [4.69, 9.17) is 9.47 Å². The van der Waals surface area contributed by atoms with E-state index in [0.29, 0.717) is 68.4 Å². The highest BCUT2D eigenvalue weighted by Crippen LogP contribution is 2.35. The molecule has 3 aromatic heterocycles. The number of aryl methyl sites for hydroxylation is 2. The Morgan fingerprint density at radius 1 is 0.860 bits per heavy atom. The minimum Gasteiger partial charge on any atom is -0.480 e. The van der Waals surface area contributed by atoms with Gasteiger partial charge in [0.25, 0.3) is 11.8 Å². The number of carbonyl (C=O) groups is 4. The lowest BCUT2D eigenvalue weighted by atomic mass is 9.92. The summed E-state index contributed by atoms with van der Waals surface area (Å²) in [5, 5.41) is 27.4. The van der Waals surface area contributed by atoms with Crippen LogP contribution in [0.25, 0.3) is 22.0 Å². The van der Waals surface area contributed by atoms with E-state index < -0.39 is 18.1 Å². The molecule has 0 radical (unpaired) electrons. The van der Waals surface area contributed by atoms with Gasteiger partial charge in [-0.15, -0.1) is 22.7 Å². The van der Waals surface area contributed by atoms with Gasteiger partial charge in [-0.1, -0.05) is 24.3 Å². The summed E-state index contributed by atoms with van der Waals surface area (Å²) in [7, 11) is 0. The summed E-state index contributed by atoms with van der Waals surface area (Å²) < 4.78 is 12.4. The molecule has 2 saturated heterocycles. The zero-order chi connectivity index (χ0) is 40.2. The summed E-state index contributed by atoms with van der Waals surface area (Å²) in [6.07, 6.45) is 3.72. The quantitative estimate of drug-likeness (QED) is 0.0963. The van der Waals surface area contributed by atoms with Gasteiger partial charge in [-0.3, -0.25) is 24.3 Å². The Hall–Kier alpha value is -5.00. The Morgan fingerprint density at radius 3 is 2.23 bits per heavy atom. The fraction of sp³-hybridized carbons (Fsp3) is 0.415. The number of fused-ring (bicyclic) bond motifs is 1. The zero-order valence-corrected chi connectivity index (χ0v) is 33.7. The van der Waals surface area contributed by atoms with Crippen molar-refractivity contribution in [3.63, 3.8) is 0 Å². The molecule has 0 bridgehead atoms. The number of thiazole rings is 2. The lowest BCUT2D eigenvalue weighted by Crippen LogP contribution is -2.44. The number of carbonyl (C=O) groups excluding carboxylic acids is 2. The van der Waals surface area contributed by atoms with Crippen LogP contribution in [-0.4, -0.2) is 92.5 Å². The molecule has 7 rings (SSSR count). The van der Waals surface area contributed by atoms with E-state index in [1.807, 2.05) is 56.3 Å². The van der Waals surface area contributed by atoms with Crippen LogP contribution < -0.4 is 10.6 Å². The maximum absolute atomic E-state index is 13.9. The van der Waals surface area contributed by atoms with Crippen LogP contribution in [0.4, 0.5) is 10.5 Å². The van der Waals surface area contributed by atoms with Gasteiger partial charge in [-0.25, -0.2) is 14.8 Å². The average molecular weight is 815 g/mol. The lowest BCUT2D eigenvalue weighted by molar-refractivity contribution is -0.142. The molecule has 0 aliphatic carbocycles. The number of ether oxygens (including phenoxy) is 2. The van der Waals surface area contributed by atoms with Crippen molar-refractivity contribution in [1.82, 2.24) is 24.8 Å². The van der Waals surface area contributed by atoms with E-state index in [1.165, 1.54) is 27.6 Å². The first-order valence-corrected chi connectivity index (χ1v) is 20.7. The number of anilines is 1. The lowest BCUT2D eigenvalue weighted by Gasteiger charge is -2.28. The highest BCUT2D eigenvalue weighted by Gasteiger charge is 2.30. The highest BCUT2D eigenvalue weighted by atomic mass is 32.1. The molecular formula is C41H46N6O8S2. The summed E-state index contributed by atoms with van der Waals surface area (Å²) >= 11 is 2.45. The van der Waals surface area contributed by atoms with Crippen LogP contribution in [0.3, 0.4) is 0 Å². The second-order valence-electron chi connectivity index (χ2n) is 14.6. The Morgan fingerprint density at radius 2 is 1.51 bits per heavy atom. The van der Waals surface area contributed by atoms with Crippen LogP contribution in [0.1, 0.15) is 72.0 Å². The molecule has 16 heteroatoms. The normalized spacial score (nSPS) is 15.8. The van der Waals surface area contributed by atoms with Gasteiger partial charge in [0, 0.05) is 66.5 Å². The molecule has 2 amide bonds. The van der Waals surface area contributed by atoms with Gasteiger partial charge in [-0.2, -0.15) is 0 Å². The van der Waals surface area contributed by atoms with Gasteiger partial charge < -0.3 is 29.9 Å². The number of benzene rings is 2. The third kappa shape index (κ3) is 8.95.